The molecular formula is C14H15N5. The Morgan fingerprint density at radius 1 is 1.26 bits per heavy atom. The lowest BCUT2D eigenvalue weighted by molar-refractivity contribution is 0.780. The molecule has 0 saturated heterocycles. The van der Waals surface area contributed by atoms with Crippen molar-refractivity contribution in [3.8, 4) is 5.82 Å². The van der Waals surface area contributed by atoms with Gasteiger partial charge in [-0.25, -0.2) is 9.67 Å². The molecule has 96 valence electrons. The average Bonchev–Trinajstić information content (AvgIpc) is 2.92. The number of dihydropyridines is 1. The van der Waals surface area contributed by atoms with Gasteiger partial charge in [0.2, 0.25) is 0 Å². The molecule has 0 fully saturated rings. The quantitative estimate of drug-likeness (QED) is 0.888. The van der Waals surface area contributed by atoms with Crippen LogP contribution in [0.4, 0.5) is 0 Å². The van der Waals surface area contributed by atoms with Crippen molar-refractivity contribution >= 4 is 5.57 Å². The maximum absolute atomic E-state index is 4.26. The van der Waals surface area contributed by atoms with Crippen LogP contribution in [0, 0.1) is 0 Å². The largest absolute Gasteiger partial charge is 0.385 e. The van der Waals surface area contributed by atoms with Crippen molar-refractivity contribution in [3.05, 3.63) is 53.6 Å². The Balaban J connectivity index is 1.99. The summed E-state index contributed by atoms with van der Waals surface area (Å²) in [6.45, 7) is 5.01. The molecule has 2 aromatic heterocycles. The number of hydrogen-bond acceptors (Lipinski definition) is 4. The van der Waals surface area contributed by atoms with Crippen molar-refractivity contribution in [1.29, 1.82) is 0 Å². The summed E-state index contributed by atoms with van der Waals surface area (Å²) in [4.78, 5) is 4.26. The fourth-order valence-electron chi connectivity index (χ4n) is 2.04. The minimum Gasteiger partial charge on any atom is -0.385 e. The van der Waals surface area contributed by atoms with Gasteiger partial charge in [-0.05, 0) is 37.6 Å². The lowest BCUT2D eigenvalue weighted by Gasteiger charge is -2.16. The SMILES string of the molecule is CC1=CC(c2cn(-c3ccccn3)nn2)=C(C)CN1. The molecule has 0 saturated carbocycles. The summed E-state index contributed by atoms with van der Waals surface area (Å²) in [6.07, 6.45) is 5.76. The van der Waals surface area contributed by atoms with Crippen molar-refractivity contribution in [3.63, 3.8) is 0 Å². The first-order valence-electron chi connectivity index (χ1n) is 6.20. The van der Waals surface area contributed by atoms with E-state index in [1.165, 1.54) is 5.57 Å². The fraction of sp³-hybridized carbons (Fsp3) is 0.214. The molecule has 0 spiro atoms. The van der Waals surface area contributed by atoms with Crippen LogP contribution in [-0.4, -0.2) is 26.5 Å². The van der Waals surface area contributed by atoms with Crippen LogP contribution in [0.2, 0.25) is 0 Å². The molecule has 1 aliphatic heterocycles. The Hall–Kier alpha value is -2.43. The summed E-state index contributed by atoms with van der Waals surface area (Å²) in [5.74, 6) is 0.772. The zero-order valence-corrected chi connectivity index (χ0v) is 11.0. The number of hydrogen-bond donors (Lipinski definition) is 1. The van der Waals surface area contributed by atoms with Crippen molar-refractivity contribution in [2.45, 2.75) is 13.8 Å². The Morgan fingerprint density at radius 3 is 2.95 bits per heavy atom. The van der Waals surface area contributed by atoms with Crippen molar-refractivity contribution in [2.24, 2.45) is 0 Å². The second-order valence-corrected chi connectivity index (χ2v) is 4.61. The van der Waals surface area contributed by atoms with Gasteiger partial charge < -0.3 is 5.32 Å². The maximum Gasteiger partial charge on any atom is 0.155 e. The minimum absolute atomic E-state index is 0.772. The van der Waals surface area contributed by atoms with E-state index in [0.29, 0.717) is 0 Å². The van der Waals surface area contributed by atoms with Crippen molar-refractivity contribution in [1.82, 2.24) is 25.3 Å². The van der Waals surface area contributed by atoms with Gasteiger partial charge in [0.25, 0.3) is 0 Å². The third kappa shape index (κ3) is 2.27. The molecule has 5 heteroatoms. The average molecular weight is 253 g/mol. The highest BCUT2D eigenvalue weighted by atomic mass is 15.4. The molecule has 0 amide bonds. The van der Waals surface area contributed by atoms with Gasteiger partial charge in [0.05, 0.1) is 6.20 Å². The van der Waals surface area contributed by atoms with Gasteiger partial charge in [0.1, 0.15) is 5.69 Å². The van der Waals surface area contributed by atoms with Crippen LogP contribution in [0.3, 0.4) is 0 Å². The van der Waals surface area contributed by atoms with E-state index in [4.69, 9.17) is 0 Å². The Labute approximate surface area is 111 Å². The number of aromatic nitrogens is 4. The van der Waals surface area contributed by atoms with Crippen molar-refractivity contribution < 1.29 is 0 Å². The summed E-state index contributed by atoms with van der Waals surface area (Å²) in [5.41, 5.74) is 4.43. The van der Waals surface area contributed by atoms with Gasteiger partial charge in [-0.3, -0.25) is 0 Å². The van der Waals surface area contributed by atoms with E-state index in [-0.39, 0.29) is 0 Å². The van der Waals surface area contributed by atoms with Crippen LogP contribution in [0.1, 0.15) is 19.5 Å². The Kier molecular flexibility index (Phi) is 2.87. The lowest BCUT2D eigenvalue weighted by Crippen LogP contribution is -2.18. The highest BCUT2D eigenvalue weighted by Gasteiger charge is 2.13. The molecule has 0 radical (unpaired) electrons. The van der Waals surface area contributed by atoms with Gasteiger partial charge in [-0.15, -0.1) is 5.10 Å². The van der Waals surface area contributed by atoms with E-state index in [2.05, 4.69) is 40.5 Å². The zero-order valence-electron chi connectivity index (χ0n) is 11.0. The second-order valence-electron chi connectivity index (χ2n) is 4.61. The molecule has 0 aliphatic carbocycles. The van der Waals surface area contributed by atoms with E-state index in [1.54, 1.807) is 10.9 Å². The molecule has 3 heterocycles. The predicted molar refractivity (Wildman–Crippen MR) is 73.5 cm³/mol. The van der Waals surface area contributed by atoms with Crippen LogP contribution in [0.5, 0.6) is 0 Å². The van der Waals surface area contributed by atoms with Crippen LogP contribution in [0.25, 0.3) is 11.4 Å². The summed E-state index contributed by atoms with van der Waals surface area (Å²) in [6, 6.07) is 5.72. The first-order chi connectivity index (χ1) is 9.24. The van der Waals surface area contributed by atoms with Gasteiger partial charge in [-0.1, -0.05) is 11.3 Å². The second kappa shape index (κ2) is 4.68. The first-order valence-corrected chi connectivity index (χ1v) is 6.20. The molecule has 0 bridgehead atoms. The molecule has 5 nitrogen and oxygen atoms in total. The van der Waals surface area contributed by atoms with Gasteiger partial charge in [0, 0.05) is 24.0 Å². The third-order valence-corrected chi connectivity index (χ3v) is 3.11. The maximum atomic E-state index is 4.26. The molecule has 3 rings (SSSR count). The first kappa shape index (κ1) is 11.6. The topological polar surface area (TPSA) is 55.6 Å². The number of nitrogens with zero attached hydrogens (tertiary/aromatic N) is 4. The molecule has 1 aliphatic rings. The van der Waals surface area contributed by atoms with Gasteiger partial charge in [0.15, 0.2) is 5.82 Å². The molecule has 19 heavy (non-hydrogen) atoms. The number of rotatable bonds is 2. The van der Waals surface area contributed by atoms with Crippen LogP contribution in [0.15, 0.2) is 47.9 Å². The normalized spacial score (nSPS) is 15.2. The molecule has 1 N–H and O–H groups in total. The Bertz CT molecular complexity index is 651. The highest BCUT2D eigenvalue weighted by Crippen LogP contribution is 2.22. The zero-order chi connectivity index (χ0) is 13.2. The van der Waals surface area contributed by atoms with E-state index in [0.717, 1.165) is 29.3 Å². The molecule has 0 unspecified atom stereocenters. The monoisotopic (exact) mass is 253 g/mol. The van der Waals surface area contributed by atoms with E-state index in [9.17, 15) is 0 Å². The standard InChI is InChI=1S/C14H15N5/c1-10-8-16-11(2)7-12(10)13-9-19(18-17-13)14-5-3-4-6-15-14/h3-7,9,16H,8H2,1-2H3. The van der Waals surface area contributed by atoms with Gasteiger partial charge in [-0.2, -0.15) is 0 Å². The summed E-state index contributed by atoms with van der Waals surface area (Å²) >= 11 is 0. The van der Waals surface area contributed by atoms with Gasteiger partial charge >= 0.3 is 0 Å². The molecule has 2 aromatic rings. The predicted octanol–water partition coefficient (Wildman–Crippen LogP) is 1.94. The number of pyridine rings is 1. The van der Waals surface area contributed by atoms with E-state index < -0.39 is 0 Å². The Morgan fingerprint density at radius 2 is 2.16 bits per heavy atom. The number of nitrogens with one attached hydrogen (secondary N) is 1. The van der Waals surface area contributed by atoms with E-state index in [1.807, 2.05) is 24.4 Å². The fourth-order valence-corrected chi connectivity index (χ4v) is 2.04. The highest BCUT2D eigenvalue weighted by molar-refractivity contribution is 5.75. The minimum atomic E-state index is 0.772. The summed E-state index contributed by atoms with van der Waals surface area (Å²) in [7, 11) is 0. The van der Waals surface area contributed by atoms with Crippen LogP contribution < -0.4 is 5.32 Å². The lowest BCUT2D eigenvalue weighted by atomic mass is 10.0. The summed E-state index contributed by atoms with van der Waals surface area (Å²) < 4.78 is 1.70. The number of allylic oxidation sites excluding steroid dienone is 3. The molecule has 0 aromatic carbocycles. The van der Waals surface area contributed by atoms with Crippen LogP contribution in [-0.2, 0) is 0 Å². The van der Waals surface area contributed by atoms with Crippen molar-refractivity contribution in [2.75, 3.05) is 6.54 Å². The van der Waals surface area contributed by atoms with E-state index >= 15 is 0 Å². The third-order valence-electron chi connectivity index (χ3n) is 3.11. The molecule has 0 atom stereocenters. The molecular weight excluding hydrogens is 238 g/mol. The smallest absolute Gasteiger partial charge is 0.155 e. The van der Waals surface area contributed by atoms with Crippen LogP contribution >= 0.6 is 0 Å². The summed E-state index contributed by atoms with van der Waals surface area (Å²) in [5, 5.41) is 11.7.